The van der Waals surface area contributed by atoms with Crippen molar-refractivity contribution >= 4 is 48.1 Å². The molecule has 0 bridgehead atoms. The Bertz CT molecular complexity index is 104. The van der Waals surface area contributed by atoms with E-state index in [1.807, 2.05) is 0 Å². The molecule has 0 unspecified atom stereocenters. The SMILES string of the molecule is O=S(=O)(O)O.[Ca+2].[H-].[H-].[H-].[Na+]. The predicted octanol–water partition coefficient (Wildman–Crippen LogP) is -3.69. The van der Waals surface area contributed by atoms with E-state index in [4.69, 9.17) is 17.5 Å². The summed E-state index contributed by atoms with van der Waals surface area (Å²) in [5.74, 6) is 0. The van der Waals surface area contributed by atoms with Gasteiger partial charge in [-0.25, -0.2) is 0 Å². The van der Waals surface area contributed by atoms with Gasteiger partial charge in [0.2, 0.25) is 0 Å². The van der Waals surface area contributed by atoms with Crippen LogP contribution in [0.1, 0.15) is 4.28 Å². The minimum Gasteiger partial charge on any atom is -1.00 e. The Balaban J connectivity index is -0.00000000800. The summed E-state index contributed by atoms with van der Waals surface area (Å²) in [6, 6.07) is 0. The smallest absolute Gasteiger partial charge is 1.00 e. The first-order valence-corrected chi connectivity index (χ1v) is 2.10. The Kier molecular flexibility index (Phi) is 14.3. The fourth-order valence-corrected chi connectivity index (χ4v) is 0. The van der Waals surface area contributed by atoms with Crippen LogP contribution in [0.15, 0.2) is 0 Å². The van der Waals surface area contributed by atoms with Crippen LogP contribution in [0.4, 0.5) is 0 Å². The average molecular weight is 164 g/mol. The van der Waals surface area contributed by atoms with Gasteiger partial charge in [0, 0.05) is 0 Å². The molecule has 0 radical (unpaired) electrons. The maximum Gasteiger partial charge on any atom is 2.00 e. The van der Waals surface area contributed by atoms with Crippen LogP contribution < -0.4 is 29.6 Å². The fraction of sp³-hybridized carbons (Fsp3) is 0. The minimum absolute atomic E-state index is 0. The standard InChI is InChI=1S/Ca.Na.H2O4S.3H/c;;1-5(2,3)4;;;/h;;(H2,1,2,3,4);;;/q+2;+1;;3*-1. The van der Waals surface area contributed by atoms with Gasteiger partial charge in [-0.2, -0.15) is 8.42 Å². The van der Waals surface area contributed by atoms with Gasteiger partial charge in [-0.1, -0.05) is 0 Å². The Hall–Kier alpha value is 2.13. The summed E-state index contributed by atoms with van der Waals surface area (Å²) in [6.45, 7) is 0. The second-order valence-electron chi connectivity index (χ2n) is 0.448. The molecule has 0 spiro atoms. The third-order valence-corrected chi connectivity index (χ3v) is 0. The molecule has 0 aromatic carbocycles. The quantitative estimate of drug-likeness (QED) is 0.285. The number of hydrogen-bond acceptors (Lipinski definition) is 2. The molecule has 0 heterocycles. The van der Waals surface area contributed by atoms with Crippen molar-refractivity contribution in [3.8, 4) is 0 Å². The van der Waals surface area contributed by atoms with Crippen molar-refractivity contribution in [1.82, 2.24) is 0 Å². The molecule has 0 aliphatic carbocycles. The Morgan fingerprint density at radius 2 is 1.29 bits per heavy atom. The van der Waals surface area contributed by atoms with Gasteiger partial charge >= 0.3 is 77.7 Å². The van der Waals surface area contributed by atoms with Crippen molar-refractivity contribution in [2.24, 2.45) is 0 Å². The Morgan fingerprint density at radius 1 is 1.29 bits per heavy atom. The van der Waals surface area contributed by atoms with Crippen LogP contribution in [0.25, 0.3) is 0 Å². The van der Waals surface area contributed by atoms with Gasteiger partial charge in [-0.05, 0) is 0 Å². The molecule has 4 nitrogen and oxygen atoms in total. The summed E-state index contributed by atoms with van der Waals surface area (Å²) >= 11 is 0. The molecule has 0 aromatic heterocycles. The van der Waals surface area contributed by atoms with Gasteiger partial charge in [0.15, 0.2) is 0 Å². The first-order chi connectivity index (χ1) is 2.00. The van der Waals surface area contributed by atoms with E-state index in [1.165, 1.54) is 0 Å². The molecule has 0 saturated heterocycles. The van der Waals surface area contributed by atoms with Crippen LogP contribution in [0.5, 0.6) is 0 Å². The molecule has 0 aromatic rings. The summed E-state index contributed by atoms with van der Waals surface area (Å²) in [7, 11) is -4.67. The van der Waals surface area contributed by atoms with Crippen LogP contribution in [0.2, 0.25) is 0 Å². The fourth-order valence-electron chi connectivity index (χ4n) is 0. The molecule has 0 aliphatic heterocycles. The summed E-state index contributed by atoms with van der Waals surface area (Å²) in [5, 5.41) is 0. The second kappa shape index (κ2) is 6.25. The second-order valence-corrected chi connectivity index (χ2v) is 1.34. The zero-order chi connectivity index (χ0) is 4.50. The molecule has 0 saturated carbocycles. The molecular formula is H5CaNaO4S. The summed E-state index contributed by atoms with van der Waals surface area (Å²) in [4.78, 5) is 0. The largest absolute Gasteiger partial charge is 2.00 e. The molecule has 38 valence electrons. The average Bonchev–Trinajstić information content (AvgIpc) is 0.722. The first kappa shape index (κ1) is 16.1. The van der Waals surface area contributed by atoms with E-state index in [1.54, 1.807) is 0 Å². The van der Waals surface area contributed by atoms with Crippen LogP contribution in [-0.4, -0.2) is 55.3 Å². The normalized spacial score (nSPS) is 8.29. The number of rotatable bonds is 0. The first-order valence-electron chi connectivity index (χ1n) is 0.698. The zero-order valence-corrected chi connectivity index (χ0v) is 8.85. The Morgan fingerprint density at radius 3 is 1.29 bits per heavy atom. The van der Waals surface area contributed by atoms with E-state index in [2.05, 4.69) is 0 Å². The van der Waals surface area contributed by atoms with Gasteiger partial charge in [-0.3, -0.25) is 9.11 Å². The van der Waals surface area contributed by atoms with Crippen LogP contribution >= 0.6 is 0 Å². The van der Waals surface area contributed by atoms with Crippen LogP contribution in [-0.2, 0) is 10.4 Å². The monoisotopic (exact) mass is 164 g/mol. The van der Waals surface area contributed by atoms with Gasteiger partial charge in [0.1, 0.15) is 0 Å². The molecule has 0 atom stereocenters. The molecule has 0 aliphatic rings. The van der Waals surface area contributed by atoms with Crippen molar-refractivity contribution in [3.63, 3.8) is 0 Å². The molecule has 0 rings (SSSR count). The third-order valence-electron chi connectivity index (χ3n) is 0. The maximum atomic E-state index is 8.74. The topological polar surface area (TPSA) is 74.6 Å². The van der Waals surface area contributed by atoms with Crippen molar-refractivity contribution in [2.45, 2.75) is 0 Å². The number of hydrogen-bond donors (Lipinski definition) is 2. The van der Waals surface area contributed by atoms with E-state index in [0.29, 0.717) is 0 Å². The van der Waals surface area contributed by atoms with Crippen molar-refractivity contribution in [2.75, 3.05) is 0 Å². The van der Waals surface area contributed by atoms with E-state index >= 15 is 0 Å². The predicted molar refractivity (Wildman–Crippen MR) is 23.3 cm³/mol. The van der Waals surface area contributed by atoms with Crippen LogP contribution in [0, 0.1) is 0 Å². The van der Waals surface area contributed by atoms with E-state index in [-0.39, 0.29) is 71.6 Å². The van der Waals surface area contributed by atoms with Crippen molar-refractivity contribution in [3.05, 3.63) is 0 Å². The minimum atomic E-state index is -4.67. The van der Waals surface area contributed by atoms with Gasteiger partial charge in [0.25, 0.3) is 0 Å². The van der Waals surface area contributed by atoms with E-state index in [0.717, 1.165) is 0 Å². The van der Waals surface area contributed by atoms with Gasteiger partial charge < -0.3 is 4.28 Å². The maximum absolute atomic E-state index is 8.74. The van der Waals surface area contributed by atoms with Crippen molar-refractivity contribution in [1.29, 1.82) is 0 Å². The molecule has 7 heavy (non-hydrogen) atoms. The molecule has 0 fully saturated rings. The summed E-state index contributed by atoms with van der Waals surface area (Å²) < 4.78 is 31.6. The molecule has 7 heteroatoms. The molecule has 0 amide bonds. The van der Waals surface area contributed by atoms with E-state index < -0.39 is 10.4 Å². The van der Waals surface area contributed by atoms with Gasteiger partial charge in [-0.15, -0.1) is 0 Å². The van der Waals surface area contributed by atoms with Crippen LogP contribution in [0.3, 0.4) is 0 Å². The Labute approximate surface area is 98.0 Å². The zero-order valence-electron chi connectivity index (χ0n) is 6.83. The molecule has 2 N–H and O–H groups in total. The van der Waals surface area contributed by atoms with Gasteiger partial charge in [0.05, 0.1) is 0 Å². The summed E-state index contributed by atoms with van der Waals surface area (Å²) in [5.41, 5.74) is 0. The summed E-state index contributed by atoms with van der Waals surface area (Å²) in [6.07, 6.45) is 0. The molecular weight excluding hydrogens is 159 g/mol. The third kappa shape index (κ3) is 67.3. The van der Waals surface area contributed by atoms with Crippen molar-refractivity contribution < 1.29 is 51.4 Å². The van der Waals surface area contributed by atoms with E-state index in [9.17, 15) is 0 Å².